The molecule has 4 heteroatoms. The predicted octanol–water partition coefficient (Wildman–Crippen LogP) is 1.14. The van der Waals surface area contributed by atoms with Gasteiger partial charge in [0.2, 0.25) is 5.91 Å². The molecule has 0 radical (unpaired) electrons. The van der Waals surface area contributed by atoms with E-state index in [-0.39, 0.29) is 11.9 Å². The zero-order chi connectivity index (χ0) is 14.4. The molecule has 20 heavy (non-hydrogen) atoms. The number of hydrogen-bond donors (Lipinski definition) is 2. The Morgan fingerprint density at radius 2 is 1.90 bits per heavy atom. The van der Waals surface area contributed by atoms with Gasteiger partial charge in [-0.2, -0.15) is 0 Å². The number of carbonyl (C=O) groups excluding carboxylic acids is 1. The minimum atomic E-state index is -0.258. The topological polar surface area (TPSA) is 72.3 Å². The molecule has 1 amide bonds. The van der Waals surface area contributed by atoms with E-state index in [4.69, 9.17) is 11.5 Å². The van der Waals surface area contributed by atoms with E-state index >= 15 is 0 Å². The zero-order valence-electron chi connectivity index (χ0n) is 12.0. The van der Waals surface area contributed by atoms with Crippen molar-refractivity contribution in [2.24, 2.45) is 17.4 Å². The molecule has 0 aromatic heterocycles. The minimum Gasteiger partial charge on any atom is -0.370 e. The first-order valence-corrected chi connectivity index (χ1v) is 7.45. The maximum Gasteiger partial charge on any atom is 0.219 e. The largest absolute Gasteiger partial charge is 0.370 e. The molecule has 0 aliphatic carbocycles. The molecule has 1 aliphatic rings. The molecule has 0 saturated carbocycles. The van der Waals surface area contributed by atoms with Gasteiger partial charge in [-0.1, -0.05) is 30.3 Å². The average Bonchev–Trinajstić information content (AvgIpc) is 2.46. The van der Waals surface area contributed by atoms with Crippen molar-refractivity contribution >= 4 is 5.91 Å². The number of piperidine rings is 1. The van der Waals surface area contributed by atoms with Gasteiger partial charge in [0.1, 0.15) is 0 Å². The predicted molar refractivity (Wildman–Crippen MR) is 81.1 cm³/mol. The first kappa shape index (κ1) is 15.0. The summed E-state index contributed by atoms with van der Waals surface area (Å²) >= 11 is 0. The van der Waals surface area contributed by atoms with E-state index in [1.165, 1.54) is 18.4 Å². The third-order valence-corrected chi connectivity index (χ3v) is 4.24. The third kappa shape index (κ3) is 4.32. The van der Waals surface area contributed by atoms with Crippen LogP contribution < -0.4 is 11.5 Å². The lowest BCUT2D eigenvalue weighted by Crippen LogP contribution is -2.47. The Bertz CT molecular complexity index is 413. The Balaban J connectivity index is 1.81. The highest BCUT2D eigenvalue weighted by molar-refractivity contribution is 5.74. The van der Waals surface area contributed by atoms with Gasteiger partial charge >= 0.3 is 0 Å². The van der Waals surface area contributed by atoms with Gasteiger partial charge < -0.3 is 11.5 Å². The molecule has 1 unspecified atom stereocenters. The highest BCUT2D eigenvalue weighted by Gasteiger charge is 2.25. The highest BCUT2D eigenvalue weighted by atomic mass is 16.1. The first-order chi connectivity index (χ1) is 9.69. The second-order valence-corrected chi connectivity index (χ2v) is 5.73. The number of nitrogens with zero attached hydrogens (tertiary/aromatic N) is 1. The van der Waals surface area contributed by atoms with Gasteiger partial charge in [-0.15, -0.1) is 0 Å². The summed E-state index contributed by atoms with van der Waals surface area (Å²) in [7, 11) is 0. The summed E-state index contributed by atoms with van der Waals surface area (Å²) in [6, 6.07) is 10.8. The highest BCUT2D eigenvalue weighted by Crippen LogP contribution is 2.23. The van der Waals surface area contributed by atoms with Crippen molar-refractivity contribution in [3.8, 4) is 0 Å². The molecule has 0 bridgehead atoms. The molecule has 1 atom stereocenters. The van der Waals surface area contributed by atoms with Crippen LogP contribution in [0.4, 0.5) is 0 Å². The molecule has 2 rings (SSSR count). The molecular formula is C16H25N3O. The quantitative estimate of drug-likeness (QED) is 0.818. The van der Waals surface area contributed by atoms with Crippen LogP contribution in [-0.4, -0.2) is 36.5 Å². The van der Waals surface area contributed by atoms with Crippen LogP contribution >= 0.6 is 0 Å². The van der Waals surface area contributed by atoms with Crippen molar-refractivity contribution in [2.45, 2.75) is 31.7 Å². The van der Waals surface area contributed by atoms with Gasteiger partial charge in [0.25, 0.3) is 0 Å². The minimum absolute atomic E-state index is 0.116. The molecule has 1 heterocycles. The summed E-state index contributed by atoms with van der Waals surface area (Å²) in [6.07, 6.45) is 3.87. The monoisotopic (exact) mass is 275 g/mol. The number of primary amides is 1. The van der Waals surface area contributed by atoms with Gasteiger partial charge in [0.15, 0.2) is 0 Å². The fourth-order valence-corrected chi connectivity index (χ4v) is 3.06. The molecule has 4 nitrogen and oxygen atoms in total. The second-order valence-electron chi connectivity index (χ2n) is 5.73. The van der Waals surface area contributed by atoms with Gasteiger partial charge in [-0.25, -0.2) is 0 Å². The second kappa shape index (κ2) is 7.41. The van der Waals surface area contributed by atoms with Gasteiger partial charge in [-0.3, -0.25) is 9.69 Å². The number of nitrogens with two attached hydrogens (primary N) is 2. The van der Waals surface area contributed by atoms with Crippen molar-refractivity contribution in [3.63, 3.8) is 0 Å². The normalized spacial score (nSPS) is 18.9. The number of likely N-dealkylation sites (tertiary alicyclic amines) is 1. The van der Waals surface area contributed by atoms with Crippen LogP contribution in [-0.2, 0) is 11.2 Å². The molecule has 1 aromatic rings. The van der Waals surface area contributed by atoms with Crippen LogP contribution in [0.3, 0.4) is 0 Å². The standard InChI is InChI=1S/C16H25N3O/c17-12-15(11-16(18)20)19-8-6-14(7-9-19)10-13-4-2-1-3-5-13/h1-5,14-15H,6-12,17H2,(H2,18,20). The maximum atomic E-state index is 11.1. The number of carbonyl (C=O) groups is 1. The summed E-state index contributed by atoms with van der Waals surface area (Å²) in [5, 5.41) is 0. The molecular weight excluding hydrogens is 250 g/mol. The summed E-state index contributed by atoms with van der Waals surface area (Å²) in [6.45, 7) is 2.55. The first-order valence-electron chi connectivity index (χ1n) is 7.45. The molecule has 1 aliphatic heterocycles. The molecule has 1 saturated heterocycles. The summed E-state index contributed by atoms with van der Waals surface area (Å²) in [5.41, 5.74) is 12.5. The molecule has 0 spiro atoms. The van der Waals surface area contributed by atoms with Crippen molar-refractivity contribution in [1.29, 1.82) is 0 Å². The lowest BCUT2D eigenvalue weighted by molar-refractivity contribution is -0.119. The summed E-state index contributed by atoms with van der Waals surface area (Å²) < 4.78 is 0. The number of hydrogen-bond acceptors (Lipinski definition) is 3. The average molecular weight is 275 g/mol. The summed E-state index contributed by atoms with van der Waals surface area (Å²) in [5.74, 6) is 0.479. The van der Waals surface area contributed by atoms with E-state index in [0.717, 1.165) is 25.4 Å². The smallest absolute Gasteiger partial charge is 0.219 e. The Hall–Kier alpha value is -1.39. The molecule has 1 fully saturated rings. The zero-order valence-corrected chi connectivity index (χ0v) is 12.0. The van der Waals surface area contributed by atoms with Crippen LogP contribution in [0.2, 0.25) is 0 Å². The van der Waals surface area contributed by atoms with Crippen LogP contribution in [0.5, 0.6) is 0 Å². The van der Waals surface area contributed by atoms with E-state index in [1.54, 1.807) is 0 Å². The van der Waals surface area contributed by atoms with Crippen LogP contribution in [0.15, 0.2) is 30.3 Å². The van der Waals surface area contributed by atoms with E-state index in [2.05, 4.69) is 35.2 Å². The maximum absolute atomic E-state index is 11.1. The van der Waals surface area contributed by atoms with Gasteiger partial charge in [0.05, 0.1) is 0 Å². The fraction of sp³-hybridized carbons (Fsp3) is 0.562. The third-order valence-electron chi connectivity index (χ3n) is 4.24. The fourth-order valence-electron chi connectivity index (χ4n) is 3.06. The number of amides is 1. The van der Waals surface area contributed by atoms with Crippen LogP contribution in [0, 0.1) is 5.92 Å². The van der Waals surface area contributed by atoms with Gasteiger partial charge in [0, 0.05) is 19.0 Å². The van der Waals surface area contributed by atoms with E-state index < -0.39 is 0 Å². The SMILES string of the molecule is NCC(CC(N)=O)N1CCC(Cc2ccccc2)CC1. The van der Waals surface area contributed by atoms with Crippen LogP contribution in [0.25, 0.3) is 0 Å². The Labute approximate surface area is 121 Å². The molecule has 1 aromatic carbocycles. The van der Waals surface area contributed by atoms with E-state index in [9.17, 15) is 4.79 Å². The lowest BCUT2D eigenvalue weighted by atomic mass is 9.89. The lowest BCUT2D eigenvalue weighted by Gasteiger charge is -2.36. The summed E-state index contributed by atoms with van der Waals surface area (Å²) in [4.78, 5) is 13.4. The molecule has 4 N–H and O–H groups in total. The Kier molecular flexibility index (Phi) is 5.56. The van der Waals surface area contributed by atoms with Crippen LogP contribution in [0.1, 0.15) is 24.8 Å². The number of benzene rings is 1. The number of rotatable bonds is 6. The Morgan fingerprint density at radius 3 is 2.45 bits per heavy atom. The van der Waals surface area contributed by atoms with E-state index in [1.807, 2.05) is 0 Å². The van der Waals surface area contributed by atoms with Crippen molar-refractivity contribution in [2.75, 3.05) is 19.6 Å². The van der Waals surface area contributed by atoms with E-state index in [0.29, 0.717) is 13.0 Å². The Morgan fingerprint density at radius 1 is 1.25 bits per heavy atom. The molecule has 110 valence electrons. The van der Waals surface area contributed by atoms with Crippen molar-refractivity contribution < 1.29 is 4.79 Å². The van der Waals surface area contributed by atoms with Crippen molar-refractivity contribution in [3.05, 3.63) is 35.9 Å². The van der Waals surface area contributed by atoms with Crippen molar-refractivity contribution in [1.82, 2.24) is 4.90 Å². The van der Waals surface area contributed by atoms with Gasteiger partial charge in [-0.05, 0) is 43.8 Å².